The number of rotatable bonds is 7. The van der Waals surface area contributed by atoms with Crippen molar-refractivity contribution in [2.75, 3.05) is 14.1 Å². The molecule has 0 fully saturated rings. The van der Waals surface area contributed by atoms with Crippen molar-refractivity contribution in [3.63, 3.8) is 0 Å². The van der Waals surface area contributed by atoms with Gasteiger partial charge in [-0.2, -0.15) is 0 Å². The number of hydrogen-bond acceptors (Lipinski definition) is 11. The summed E-state index contributed by atoms with van der Waals surface area (Å²) in [5, 5.41) is 16.7. The van der Waals surface area contributed by atoms with Gasteiger partial charge < -0.3 is 28.3 Å². The Kier molecular flexibility index (Phi) is 10.7. The molecule has 1 N–H and O–H groups in total. The van der Waals surface area contributed by atoms with Crippen LogP contribution in [0.4, 0.5) is 9.18 Å². The van der Waals surface area contributed by atoms with Gasteiger partial charge in [0.25, 0.3) is 5.88 Å². The van der Waals surface area contributed by atoms with E-state index in [1.54, 1.807) is 27.7 Å². The van der Waals surface area contributed by atoms with Gasteiger partial charge in [0.15, 0.2) is 31.2 Å². The van der Waals surface area contributed by atoms with E-state index in [2.05, 4.69) is 37.0 Å². The van der Waals surface area contributed by atoms with Crippen LogP contribution >= 0.6 is 31.9 Å². The van der Waals surface area contributed by atoms with E-state index in [1.807, 2.05) is 83.2 Å². The molecule has 55 heavy (non-hydrogen) atoms. The van der Waals surface area contributed by atoms with Crippen LogP contribution in [0.2, 0.25) is 18.1 Å². The van der Waals surface area contributed by atoms with E-state index in [1.165, 1.54) is 0 Å². The molecule has 1 heterocycles. The molecule has 3 aromatic rings. The fourth-order valence-electron chi connectivity index (χ4n) is 7.77. The van der Waals surface area contributed by atoms with Crippen molar-refractivity contribution >= 4 is 57.9 Å². The predicted molar refractivity (Wildman–Crippen MR) is 212 cm³/mol. The Morgan fingerprint density at radius 2 is 1.71 bits per heavy atom. The van der Waals surface area contributed by atoms with Gasteiger partial charge in [0.2, 0.25) is 5.78 Å². The number of ketones is 2. The van der Waals surface area contributed by atoms with Crippen LogP contribution in [-0.2, 0) is 15.8 Å². The zero-order valence-corrected chi connectivity index (χ0v) is 37.0. The number of benzene rings is 2. The number of allylic oxidation sites excluding steroid dienone is 1. The maximum Gasteiger partial charge on any atom is 0.514 e. The Morgan fingerprint density at radius 3 is 2.29 bits per heavy atom. The molecule has 1 aromatic heterocycles. The maximum absolute atomic E-state index is 16.4. The summed E-state index contributed by atoms with van der Waals surface area (Å²) < 4.78 is 46.7. The Hall–Kier alpha value is -3.37. The summed E-state index contributed by atoms with van der Waals surface area (Å²) in [5.41, 5.74) is -2.58. The number of carbonyl (C=O) groups excluding carboxylic acids is 3. The molecule has 3 aliphatic rings. The van der Waals surface area contributed by atoms with Crippen LogP contribution in [0.25, 0.3) is 0 Å². The zero-order valence-electron chi connectivity index (χ0n) is 32.9. The molecule has 0 saturated carbocycles. The first-order chi connectivity index (χ1) is 25.4. The summed E-state index contributed by atoms with van der Waals surface area (Å²) >= 11 is 6.61. The molecular weight excluding hydrogens is 859 g/mol. The second-order valence-electron chi connectivity index (χ2n) is 17.3. The van der Waals surface area contributed by atoms with E-state index in [0.717, 1.165) is 5.56 Å². The maximum atomic E-state index is 16.4. The van der Waals surface area contributed by atoms with Crippen molar-refractivity contribution in [1.29, 1.82) is 0 Å². The molecule has 0 saturated heterocycles. The lowest BCUT2D eigenvalue weighted by molar-refractivity contribution is -0.0495. The second kappa shape index (κ2) is 14.2. The molecule has 0 bridgehead atoms. The van der Waals surface area contributed by atoms with Crippen molar-refractivity contribution in [3.8, 4) is 11.6 Å². The van der Waals surface area contributed by atoms with E-state index in [-0.39, 0.29) is 61.6 Å². The van der Waals surface area contributed by atoms with Crippen LogP contribution < -0.4 is 9.47 Å². The fraction of sp³-hybridized carbons (Fsp3) is 0.500. The molecular formula is C40H47Br2FN2O9Si. The van der Waals surface area contributed by atoms with Gasteiger partial charge in [-0.1, -0.05) is 58.0 Å². The zero-order chi connectivity index (χ0) is 40.7. The average molecular weight is 907 g/mol. The number of aliphatic hydroxyl groups excluding tert-OH is 1. The first-order valence-electron chi connectivity index (χ1n) is 18.1. The van der Waals surface area contributed by atoms with Crippen LogP contribution in [0.15, 0.2) is 55.1 Å². The summed E-state index contributed by atoms with van der Waals surface area (Å²) in [5.74, 6) is -5.21. The topological polar surface area (TPSA) is 138 Å². The number of aliphatic hydroxyl groups is 1. The number of aromatic nitrogens is 1. The van der Waals surface area contributed by atoms with Gasteiger partial charge in [-0.15, -0.1) is 0 Å². The molecule has 3 aliphatic carbocycles. The van der Waals surface area contributed by atoms with E-state index >= 15 is 14.0 Å². The molecule has 0 spiro atoms. The van der Waals surface area contributed by atoms with Gasteiger partial charge in [-0.3, -0.25) is 14.5 Å². The monoisotopic (exact) mass is 904 g/mol. The lowest BCUT2D eigenvalue weighted by Crippen LogP contribution is -2.65. The highest BCUT2D eigenvalue weighted by molar-refractivity contribution is 9.13. The molecule has 11 nitrogen and oxygen atoms in total. The van der Waals surface area contributed by atoms with Crippen molar-refractivity contribution in [3.05, 3.63) is 84.4 Å². The van der Waals surface area contributed by atoms with Crippen LogP contribution in [0.3, 0.4) is 0 Å². The molecule has 296 valence electrons. The first kappa shape index (κ1) is 41.3. The van der Waals surface area contributed by atoms with Crippen LogP contribution in [0.1, 0.15) is 104 Å². The van der Waals surface area contributed by atoms with Crippen molar-refractivity contribution < 1.29 is 47.0 Å². The van der Waals surface area contributed by atoms with Crippen molar-refractivity contribution in [2.45, 2.75) is 103 Å². The third-order valence-corrected chi connectivity index (χ3v) is 17.8. The second-order valence-corrected chi connectivity index (χ2v) is 23.6. The smallest absolute Gasteiger partial charge is 0.508 e. The third-order valence-electron chi connectivity index (χ3n) is 11.3. The molecule has 15 heteroatoms. The van der Waals surface area contributed by atoms with Gasteiger partial charge in [0.05, 0.1) is 20.6 Å². The Balaban J connectivity index is 1.61. The summed E-state index contributed by atoms with van der Waals surface area (Å²) in [6.45, 7) is 16.8. The largest absolute Gasteiger partial charge is 0.514 e. The van der Waals surface area contributed by atoms with E-state index in [9.17, 15) is 9.90 Å². The molecule has 0 radical (unpaired) electrons. The minimum absolute atomic E-state index is 0.00140. The lowest BCUT2D eigenvalue weighted by atomic mass is 9.56. The summed E-state index contributed by atoms with van der Waals surface area (Å²) in [6.07, 6.45) is -1.000. The van der Waals surface area contributed by atoms with E-state index in [4.69, 9.17) is 23.2 Å². The Labute approximate surface area is 338 Å². The quantitative estimate of drug-likeness (QED) is 0.105. The number of Topliss-reactive ketones (excluding diaryl/α,β-unsaturated/α-hetero) is 2. The number of halogens is 3. The Morgan fingerprint density at radius 1 is 1.07 bits per heavy atom. The first-order valence-corrected chi connectivity index (χ1v) is 22.6. The number of fused-ring (bicyclic) bond motifs is 4. The normalized spacial score (nSPS) is 23.9. The molecule has 0 amide bonds. The molecule has 6 rings (SSSR count). The van der Waals surface area contributed by atoms with Crippen LogP contribution in [0.5, 0.6) is 11.6 Å². The van der Waals surface area contributed by atoms with Gasteiger partial charge in [-0.25, -0.2) is 9.18 Å². The molecule has 2 aromatic carbocycles. The fourth-order valence-corrected chi connectivity index (χ4v) is 10.1. The van der Waals surface area contributed by atoms with Crippen molar-refractivity contribution in [1.82, 2.24) is 10.1 Å². The van der Waals surface area contributed by atoms with Crippen LogP contribution in [0, 0.1) is 17.7 Å². The van der Waals surface area contributed by atoms with E-state index in [0.29, 0.717) is 0 Å². The average Bonchev–Trinajstić information content (AvgIpc) is 3.49. The van der Waals surface area contributed by atoms with Gasteiger partial charge in [-0.05, 0) is 114 Å². The SMILES string of the molecule is C[C@H]1c2c(F)c(Br)c(Br)c(OC(=O)OC(C)(C)C)c2C(=O)C2=C(O)[C@]3(O[Si](C)(C)C(C)(C)C)C(=O)c4c(OCc5ccccc5)noc4[C@@H](N(C)C)[C@@H]3C[C@@H]21. The third kappa shape index (κ3) is 6.81. The van der Waals surface area contributed by atoms with E-state index < -0.39 is 77.7 Å². The molecule has 5 atom stereocenters. The van der Waals surface area contributed by atoms with Gasteiger partial charge in [0.1, 0.15) is 29.3 Å². The Bertz CT molecular complexity index is 2100. The predicted octanol–water partition coefficient (Wildman–Crippen LogP) is 10.2. The van der Waals surface area contributed by atoms with Gasteiger partial charge in [0, 0.05) is 17.1 Å². The number of ether oxygens (including phenoxy) is 3. The standard InChI is InChI=1S/C40H47Br2FN2O9Si/c1-19-21-17-22-30(45(8)9)33-26(36(44-53-33)50-18-20-15-13-12-14-16-20)35(48)40(22,54-55(10,11)39(5,6)7)34(47)24(21)31(46)25-23(19)29(43)27(41)28(42)32(25)51-37(49)52-38(2,3)4/h12-16,19,21-22,30,47H,17-18H2,1-11H3/t19-,21-,22+,30+,40+/m1/s1. The molecule has 0 aliphatic heterocycles. The highest BCUT2D eigenvalue weighted by Gasteiger charge is 2.68. The summed E-state index contributed by atoms with van der Waals surface area (Å²) in [7, 11) is 0.655. The van der Waals surface area contributed by atoms with Gasteiger partial charge >= 0.3 is 6.16 Å². The summed E-state index contributed by atoms with van der Waals surface area (Å²) in [6, 6.07) is 8.67. The number of nitrogens with zero attached hydrogens (tertiary/aromatic N) is 2. The number of hydrogen-bond donors (Lipinski definition) is 1. The molecule has 0 unspecified atom stereocenters. The number of carbonyl (C=O) groups is 3. The lowest BCUT2D eigenvalue weighted by Gasteiger charge is -2.55. The minimum Gasteiger partial charge on any atom is -0.508 e. The highest BCUT2D eigenvalue weighted by atomic mass is 79.9. The van der Waals surface area contributed by atoms with Crippen molar-refractivity contribution in [2.24, 2.45) is 11.8 Å². The highest BCUT2D eigenvalue weighted by Crippen LogP contribution is 2.62. The summed E-state index contributed by atoms with van der Waals surface area (Å²) in [4.78, 5) is 45.5. The minimum atomic E-state index is -2.99. The van der Waals surface area contributed by atoms with Crippen LogP contribution in [-0.4, -0.2) is 66.5 Å².